The highest BCUT2D eigenvalue weighted by molar-refractivity contribution is 4.90. The molecule has 0 aromatic carbocycles. The first-order chi connectivity index (χ1) is 7.29. The van der Waals surface area contributed by atoms with E-state index in [2.05, 4.69) is 17.1 Å². The molecule has 3 heteroatoms. The van der Waals surface area contributed by atoms with Gasteiger partial charge in [-0.05, 0) is 45.2 Å². The summed E-state index contributed by atoms with van der Waals surface area (Å²) < 4.78 is 5.34. The highest BCUT2D eigenvalue weighted by atomic mass is 16.5. The maximum Gasteiger partial charge on any atom is 0.0670 e. The lowest BCUT2D eigenvalue weighted by atomic mass is 10.2. The zero-order valence-electron chi connectivity index (χ0n) is 10.0. The second kappa shape index (κ2) is 5.28. The fraction of sp³-hybridized carbons (Fsp3) is 1.00. The molecule has 15 heavy (non-hydrogen) atoms. The van der Waals surface area contributed by atoms with Crippen molar-refractivity contribution >= 4 is 0 Å². The van der Waals surface area contributed by atoms with Gasteiger partial charge in [0.1, 0.15) is 0 Å². The summed E-state index contributed by atoms with van der Waals surface area (Å²) in [7, 11) is 1.80. The van der Waals surface area contributed by atoms with Crippen molar-refractivity contribution in [3.63, 3.8) is 0 Å². The SMILES string of the molecule is COC(C)CN1CCCNC(C2CC2)C1. The van der Waals surface area contributed by atoms with Gasteiger partial charge in [-0.2, -0.15) is 0 Å². The van der Waals surface area contributed by atoms with Crippen LogP contribution in [0.3, 0.4) is 0 Å². The molecule has 0 aromatic heterocycles. The molecule has 0 aromatic rings. The Kier molecular flexibility index (Phi) is 4.00. The van der Waals surface area contributed by atoms with E-state index in [1.165, 1.54) is 38.9 Å². The first kappa shape index (κ1) is 11.4. The van der Waals surface area contributed by atoms with Gasteiger partial charge in [-0.3, -0.25) is 4.90 Å². The molecule has 2 fully saturated rings. The van der Waals surface area contributed by atoms with Gasteiger partial charge >= 0.3 is 0 Å². The quantitative estimate of drug-likeness (QED) is 0.755. The van der Waals surface area contributed by atoms with E-state index in [9.17, 15) is 0 Å². The van der Waals surface area contributed by atoms with Crippen LogP contribution in [0, 0.1) is 5.92 Å². The van der Waals surface area contributed by atoms with Crippen LogP contribution < -0.4 is 5.32 Å². The zero-order valence-corrected chi connectivity index (χ0v) is 10.0. The van der Waals surface area contributed by atoms with Gasteiger partial charge in [0, 0.05) is 26.2 Å². The topological polar surface area (TPSA) is 24.5 Å². The van der Waals surface area contributed by atoms with E-state index in [0.29, 0.717) is 6.10 Å². The lowest BCUT2D eigenvalue weighted by Gasteiger charge is -2.26. The van der Waals surface area contributed by atoms with Crippen molar-refractivity contribution in [2.24, 2.45) is 5.92 Å². The van der Waals surface area contributed by atoms with Crippen LogP contribution >= 0.6 is 0 Å². The molecule has 88 valence electrons. The van der Waals surface area contributed by atoms with Gasteiger partial charge < -0.3 is 10.1 Å². The van der Waals surface area contributed by atoms with Crippen molar-refractivity contribution in [3.8, 4) is 0 Å². The van der Waals surface area contributed by atoms with Gasteiger partial charge in [-0.1, -0.05) is 0 Å². The summed E-state index contributed by atoms with van der Waals surface area (Å²) in [5.41, 5.74) is 0. The van der Waals surface area contributed by atoms with Crippen LogP contribution in [0.1, 0.15) is 26.2 Å². The highest BCUT2D eigenvalue weighted by Crippen LogP contribution is 2.33. The Hall–Kier alpha value is -0.120. The van der Waals surface area contributed by atoms with Crippen LogP contribution in [0.4, 0.5) is 0 Å². The van der Waals surface area contributed by atoms with Crippen molar-refractivity contribution in [2.75, 3.05) is 33.3 Å². The van der Waals surface area contributed by atoms with E-state index < -0.39 is 0 Å². The third-order valence-corrected chi connectivity index (χ3v) is 3.62. The molecule has 1 aliphatic carbocycles. The lowest BCUT2D eigenvalue weighted by Crippen LogP contribution is -2.41. The monoisotopic (exact) mass is 212 g/mol. The Morgan fingerprint density at radius 1 is 1.47 bits per heavy atom. The van der Waals surface area contributed by atoms with Crippen molar-refractivity contribution in [3.05, 3.63) is 0 Å². The second-order valence-electron chi connectivity index (χ2n) is 5.06. The summed E-state index contributed by atoms with van der Waals surface area (Å²) in [5, 5.41) is 3.68. The van der Waals surface area contributed by atoms with E-state index in [4.69, 9.17) is 4.74 Å². The molecule has 2 atom stereocenters. The molecule has 3 nitrogen and oxygen atoms in total. The van der Waals surface area contributed by atoms with Crippen LogP contribution in [0.25, 0.3) is 0 Å². The van der Waals surface area contributed by atoms with Crippen LogP contribution in [0.15, 0.2) is 0 Å². The average Bonchev–Trinajstić information content (AvgIpc) is 3.03. The van der Waals surface area contributed by atoms with Gasteiger partial charge in [0.05, 0.1) is 6.10 Å². The molecule has 0 amide bonds. The summed E-state index contributed by atoms with van der Waals surface area (Å²) in [6, 6.07) is 0.747. The highest BCUT2D eigenvalue weighted by Gasteiger charge is 2.33. The number of nitrogens with zero attached hydrogens (tertiary/aromatic N) is 1. The van der Waals surface area contributed by atoms with Gasteiger partial charge in [0.2, 0.25) is 0 Å². The number of methoxy groups -OCH3 is 1. The predicted molar refractivity (Wildman–Crippen MR) is 62.0 cm³/mol. The van der Waals surface area contributed by atoms with Gasteiger partial charge in [0.15, 0.2) is 0 Å². The zero-order chi connectivity index (χ0) is 10.7. The van der Waals surface area contributed by atoms with Gasteiger partial charge in [-0.25, -0.2) is 0 Å². The fourth-order valence-corrected chi connectivity index (χ4v) is 2.44. The molecule has 2 unspecified atom stereocenters. The molecular formula is C12H24N2O. The van der Waals surface area contributed by atoms with Crippen molar-refractivity contribution in [1.29, 1.82) is 0 Å². The molecule has 1 N–H and O–H groups in total. The van der Waals surface area contributed by atoms with E-state index in [-0.39, 0.29) is 0 Å². The van der Waals surface area contributed by atoms with E-state index in [1.54, 1.807) is 7.11 Å². The Bertz CT molecular complexity index is 194. The first-order valence-corrected chi connectivity index (χ1v) is 6.28. The minimum absolute atomic E-state index is 0.364. The van der Waals surface area contributed by atoms with Crippen LogP contribution in [-0.2, 0) is 4.74 Å². The van der Waals surface area contributed by atoms with E-state index in [1.807, 2.05) is 0 Å². The standard InChI is InChI=1S/C12H24N2O/c1-10(15-2)8-14-7-3-6-13-12(9-14)11-4-5-11/h10-13H,3-9H2,1-2H3. The molecule has 1 saturated carbocycles. The molecule has 2 aliphatic rings. The molecule has 0 bridgehead atoms. The maximum absolute atomic E-state index is 5.34. The van der Waals surface area contributed by atoms with Crippen molar-refractivity contribution in [2.45, 2.75) is 38.3 Å². The Labute approximate surface area is 93.2 Å². The Balaban J connectivity index is 1.81. The van der Waals surface area contributed by atoms with E-state index >= 15 is 0 Å². The third-order valence-electron chi connectivity index (χ3n) is 3.62. The minimum Gasteiger partial charge on any atom is -0.380 e. The number of hydrogen-bond acceptors (Lipinski definition) is 3. The van der Waals surface area contributed by atoms with E-state index in [0.717, 1.165) is 18.5 Å². The summed E-state index contributed by atoms with van der Waals surface area (Å²) in [6.07, 6.45) is 4.51. The Morgan fingerprint density at radius 3 is 2.93 bits per heavy atom. The van der Waals surface area contributed by atoms with Gasteiger partial charge in [0.25, 0.3) is 0 Å². The molecule has 2 rings (SSSR count). The van der Waals surface area contributed by atoms with Crippen molar-refractivity contribution in [1.82, 2.24) is 10.2 Å². The average molecular weight is 212 g/mol. The number of ether oxygens (including phenoxy) is 1. The molecule has 1 heterocycles. The molecule has 1 saturated heterocycles. The number of hydrogen-bond donors (Lipinski definition) is 1. The van der Waals surface area contributed by atoms with Crippen LogP contribution in [0.5, 0.6) is 0 Å². The largest absolute Gasteiger partial charge is 0.380 e. The van der Waals surface area contributed by atoms with Gasteiger partial charge in [-0.15, -0.1) is 0 Å². The Morgan fingerprint density at radius 2 is 2.27 bits per heavy atom. The minimum atomic E-state index is 0.364. The maximum atomic E-state index is 5.34. The molecule has 1 aliphatic heterocycles. The summed E-state index contributed by atoms with van der Waals surface area (Å²) in [5.74, 6) is 0.962. The first-order valence-electron chi connectivity index (χ1n) is 6.28. The summed E-state index contributed by atoms with van der Waals surface area (Å²) >= 11 is 0. The predicted octanol–water partition coefficient (Wildman–Crippen LogP) is 1.10. The lowest BCUT2D eigenvalue weighted by molar-refractivity contribution is 0.0756. The smallest absolute Gasteiger partial charge is 0.0670 e. The summed E-state index contributed by atoms with van der Waals surface area (Å²) in [6.45, 7) is 6.88. The molecule has 0 radical (unpaired) electrons. The molecule has 0 spiro atoms. The summed E-state index contributed by atoms with van der Waals surface area (Å²) in [4.78, 5) is 2.57. The van der Waals surface area contributed by atoms with Crippen LogP contribution in [-0.4, -0.2) is 50.3 Å². The number of rotatable bonds is 4. The van der Waals surface area contributed by atoms with Crippen molar-refractivity contribution < 1.29 is 4.74 Å². The second-order valence-corrected chi connectivity index (χ2v) is 5.06. The van der Waals surface area contributed by atoms with Crippen LogP contribution in [0.2, 0.25) is 0 Å². The molecular weight excluding hydrogens is 188 g/mol. The number of nitrogens with one attached hydrogen (secondary N) is 1. The normalized spacial score (nSPS) is 31.2. The fourth-order valence-electron chi connectivity index (χ4n) is 2.44. The third kappa shape index (κ3) is 3.44.